The van der Waals surface area contributed by atoms with E-state index in [2.05, 4.69) is 9.71 Å². The topological polar surface area (TPSA) is 59.1 Å². The van der Waals surface area contributed by atoms with Crippen LogP contribution in [-0.2, 0) is 10.0 Å². The molecule has 0 saturated carbocycles. The van der Waals surface area contributed by atoms with Crippen LogP contribution in [0.2, 0.25) is 9.49 Å². The van der Waals surface area contributed by atoms with Gasteiger partial charge >= 0.3 is 0 Å². The van der Waals surface area contributed by atoms with Gasteiger partial charge in [-0.05, 0) is 25.1 Å². The summed E-state index contributed by atoms with van der Waals surface area (Å²) in [5.74, 6) is -0.760. The molecule has 0 spiro atoms. The summed E-state index contributed by atoms with van der Waals surface area (Å²) in [6.45, 7) is 1.51. The monoisotopic (exact) mass is 340 g/mol. The number of halogens is 3. The number of hydrogen-bond acceptors (Lipinski definition) is 4. The molecule has 0 unspecified atom stereocenters. The van der Waals surface area contributed by atoms with Crippen LogP contribution in [0.4, 0.5) is 10.1 Å². The number of aromatic nitrogens is 1. The third-order valence-electron chi connectivity index (χ3n) is 2.15. The van der Waals surface area contributed by atoms with Gasteiger partial charge in [-0.3, -0.25) is 4.72 Å². The molecule has 0 bridgehead atoms. The van der Waals surface area contributed by atoms with Gasteiger partial charge in [-0.2, -0.15) is 0 Å². The number of nitrogens with one attached hydrogen (secondary N) is 1. The van der Waals surface area contributed by atoms with Gasteiger partial charge in [0.1, 0.15) is 5.82 Å². The van der Waals surface area contributed by atoms with E-state index < -0.39 is 15.8 Å². The van der Waals surface area contributed by atoms with Crippen LogP contribution in [0.25, 0.3) is 0 Å². The van der Waals surface area contributed by atoms with Gasteiger partial charge in [0, 0.05) is 5.02 Å². The predicted octanol–water partition coefficient (Wildman–Crippen LogP) is 3.70. The zero-order valence-electron chi connectivity index (χ0n) is 9.45. The van der Waals surface area contributed by atoms with Crippen molar-refractivity contribution in [2.24, 2.45) is 0 Å². The predicted molar refractivity (Wildman–Crippen MR) is 74.1 cm³/mol. The van der Waals surface area contributed by atoms with Crippen LogP contribution in [0.15, 0.2) is 22.4 Å². The lowest BCUT2D eigenvalue weighted by molar-refractivity contribution is 0.599. The maximum absolute atomic E-state index is 13.6. The van der Waals surface area contributed by atoms with Crippen LogP contribution in [0.5, 0.6) is 0 Å². The molecule has 19 heavy (non-hydrogen) atoms. The van der Waals surface area contributed by atoms with Gasteiger partial charge in [0.25, 0.3) is 10.0 Å². The first-order valence-electron chi connectivity index (χ1n) is 4.90. The molecule has 0 saturated heterocycles. The largest absolute Gasteiger partial charge is 0.276 e. The van der Waals surface area contributed by atoms with E-state index >= 15 is 0 Å². The molecule has 1 heterocycles. The second kappa shape index (κ2) is 5.24. The molecular formula is C10H7Cl2FN2O2S2. The highest BCUT2D eigenvalue weighted by atomic mass is 35.5. The number of sulfonamides is 1. The van der Waals surface area contributed by atoms with Crippen LogP contribution in [0.3, 0.4) is 0 Å². The van der Waals surface area contributed by atoms with Gasteiger partial charge in [-0.15, -0.1) is 0 Å². The lowest BCUT2D eigenvalue weighted by atomic mass is 10.3. The van der Waals surface area contributed by atoms with Gasteiger partial charge in [-0.25, -0.2) is 17.8 Å². The minimum atomic E-state index is -3.92. The summed E-state index contributed by atoms with van der Waals surface area (Å²) in [5, 5.41) is 0.178. The minimum absolute atomic E-state index is 0.0492. The van der Waals surface area contributed by atoms with Gasteiger partial charge in [0.2, 0.25) is 0 Å². The zero-order valence-corrected chi connectivity index (χ0v) is 12.6. The standard InChI is InChI=1S/C10H7Cl2FN2O2S2/c1-5-9(18-10(12)14-5)19(16,17)15-8-3-2-6(11)4-7(8)13/h2-4,15H,1H3. The Balaban J connectivity index is 2.39. The van der Waals surface area contributed by atoms with Crippen molar-refractivity contribution in [3.63, 3.8) is 0 Å². The number of hydrogen-bond donors (Lipinski definition) is 1. The van der Waals surface area contributed by atoms with Crippen molar-refractivity contribution < 1.29 is 12.8 Å². The maximum atomic E-state index is 13.6. The number of rotatable bonds is 3. The highest BCUT2D eigenvalue weighted by Gasteiger charge is 2.22. The molecule has 2 rings (SSSR count). The number of benzene rings is 1. The highest BCUT2D eigenvalue weighted by Crippen LogP contribution is 2.29. The van der Waals surface area contributed by atoms with Gasteiger partial charge < -0.3 is 0 Å². The molecule has 1 N–H and O–H groups in total. The summed E-state index contributed by atoms with van der Waals surface area (Å²) in [4.78, 5) is 3.81. The Hall–Kier alpha value is -0.890. The van der Waals surface area contributed by atoms with Crippen molar-refractivity contribution in [2.45, 2.75) is 11.1 Å². The number of anilines is 1. The Kier molecular flexibility index (Phi) is 4.00. The molecule has 0 atom stereocenters. The first kappa shape index (κ1) is 14.5. The Labute approximate surface area is 123 Å². The van der Waals surface area contributed by atoms with Crippen LogP contribution in [-0.4, -0.2) is 13.4 Å². The molecule has 0 aliphatic carbocycles. The van der Waals surface area contributed by atoms with E-state index in [0.717, 1.165) is 17.4 Å². The summed E-state index contributed by atoms with van der Waals surface area (Å²) in [6.07, 6.45) is 0. The normalized spacial score (nSPS) is 11.6. The van der Waals surface area contributed by atoms with Crippen molar-refractivity contribution >= 4 is 50.2 Å². The summed E-state index contributed by atoms with van der Waals surface area (Å²) in [6, 6.07) is 3.65. The van der Waals surface area contributed by atoms with Gasteiger partial charge in [0.15, 0.2) is 8.68 Å². The Morgan fingerprint density at radius 3 is 2.58 bits per heavy atom. The van der Waals surface area contributed by atoms with Crippen molar-refractivity contribution in [3.05, 3.63) is 39.2 Å². The molecule has 0 aliphatic heterocycles. The molecule has 2 aromatic rings. The van der Waals surface area contributed by atoms with E-state index in [0.29, 0.717) is 0 Å². The van der Waals surface area contributed by atoms with E-state index in [1.165, 1.54) is 19.1 Å². The summed E-state index contributed by atoms with van der Waals surface area (Å²) in [7, 11) is -3.92. The van der Waals surface area contributed by atoms with Gasteiger partial charge in [0.05, 0.1) is 11.4 Å². The summed E-state index contributed by atoms with van der Waals surface area (Å²) < 4.78 is 39.9. The molecule has 4 nitrogen and oxygen atoms in total. The Morgan fingerprint density at radius 1 is 1.37 bits per heavy atom. The Morgan fingerprint density at radius 2 is 2.05 bits per heavy atom. The Bertz CT molecular complexity index is 731. The van der Waals surface area contributed by atoms with Crippen molar-refractivity contribution in [2.75, 3.05) is 4.72 Å². The second-order valence-corrected chi connectivity index (χ2v) is 7.46. The van der Waals surface area contributed by atoms with E-state index in [4.69, 9.17) is 23.2 Å². The SMILES string of the molecule is Cc1nc(Cl)sc1S(=O)(=O)Nc1ccc(Cl)cc1F. The summed E-state index contributed by atoms with van der Waals surface area (Å²) in [5.41, 5.74) is 0.0743. The number of thiazole rings is 1. The fourth-order valence-corrected chi connectivity index (χ4v) is 4.33. The van der Waals surface area contributed by atoms with Crippen LogP contribution >= 0.6 is 34.5 Å². The third kappa shape index (κ3) is 3.17. The van der Waals surface area contributed by atoms with E-state index in [-0.39, 0.29) is 25.1 Å². The molecule has 102 valence electrons. The van der Waals surface area contributed by atoms with Crippen LogP contribution in [0, 0.1) is 12.7 Å². The second-order valence-electron chi connectivity index (χ2n) is 3.57. The highest BCUT2D eigenvalue weighted by molar-refractivity contribution is 7.94. The number of aryl methyl sites for hydroxylation is 1. The molecule has 0 amide bonds. The van der Waals surface area contributed by atoms with E-state index in [1.807, 2.05) is 0 Å². The van der Waals surface area contributed by atoms with Crippen LogP contribution < -0.4 is 4.72 Å². The average molecular weight is 341 g/mol. The fourth-order valence-electron chi connectivity index (χ4n) is 1.36. The van der Waals surface area contributed by atoms with Crippen molar-refractivity contribution in [1.82, 2.24) is 4.98 Å². The van der Waals surface area contributed by atoms with Crippen LogP contribution in [0.1, 0.15) is 5.69 Å². The lowest BCUT2D eigenvalue weighted by Crippen LogP contribution is -2.13. The number of nitrogens with zero attached hydrogens (tertiary/aromatic N) is 1. The molecule has 0 aliphatic rings. The minimum Gasteiger partial charge on any atom is -0.276 e. The molecule has 1 aromatic heterocycles. The van der Waals surface area contributed by atoms with Crippen molar-refractivity contribution in [3.8, 4) is 0 Å². The lowest BCUT2D eigenvalue weighted by Gasteiger charge is -2.07. The first-order valence-corrected chi connectivity index (χ1v) is 7.96. The molecule has 1 aromatic carbocycles. The smallest absolute Gasteiger partial charge is 0.273 e. The zero-order chi connectivity index (χ0) is 14.2. The third-order valence-corrected chi connectivity index (χ3v) is 5.62. The molecule has 0 radical (unpaired) electrons. The van der Waals surface area contributed by atoms with E-state index in [1.54, 1.807) is 0 Å². The first-order chi connectivity index (χ1) is 8.79. The maximum Gasteiger partial charge on any atom is 0.273 e. The molecule has 9 heteroatoms. The summed E-state index contributed by atoms with van der Waals surface area (Å²) >= 11 is 12.0. The van der Waals surface area contributed by atoms with Gasteiger partial charge in [-0.1, -0.05) is 34.5 Å². The molecule has 0 fully saturated rings. The fraction of sp³-hybridized carbons (Fsp3) is 0.100. The van der Waals surface area contributed by atoms with Crippen molar-refractivity contribution in [1.29, 1.82) is 0 Å². The van der Waals surface area contributed by atoms with E-state index in [9.17, 15) is 12.8 Å². The quantitative estimate of drug-likeness (QED) is 0.926. The average Bonchev–Trinajstić information content (AvgIpc) is 2.63. The molecular weight excluding hydrogens is 334 g/mol.